The van der Waals surface area contributed by atoms with Crippen molar-refractivity contribution in [2.45, 2.75) is 19.8 Å². The summed E-state index contributed by atoms with van der Waals surface area (Å²) in [6.07, 6.45) is 1.23. The van der Waals surface area contributed by atoms with Crippen molar-refractivity contribution in [3.63, 3.8) is 0 Å². The van der Waals surface area contributed by atoms with E-state index < -0.39 is 0 Å². The van der Waals surface area contributed by atoms with E-state index in [-0.39, 0.29) is 17.7 Å². The number of hydrogen-bond acceptors (Lipinski definition) is 3. The molecule has 5 nitrogen and oxygen atoms in total. The van der Waals surface area contributed by atoms with Crippen molar-refractivity contribution in [2.75, 3.05) is 25.5 Å². The van der Waals surface area contributed by atoms with Gasteiger partial charge < -0.3 is 15.0 Å². The van der Waals surface area contributed by atoms with Crippen molar-refractivity contribution in [1.29, 1.82) is 0 Å². The monoisotopic (exact) mass is 276 g/mol. The number of methoxy groups -OCH3 is 1. The predicted octanol–water partition coefficient (Wildman–Crippen LogP) is 2.53. The SMILES string of the molecule is CCC1CN(C(=O)Nc2cccc(OC)c2)CCC1=O. The van der Waals surface area contributed by atoms with Crippen molar-refractivity contribution in [3.05, 3.63) is 24.3 Å². The molecule has 0 saturated carbocycles. The second-order valence-electron chi connectivity index (χ2n) is 4.93. The third kappa shape index (κ3) is 3.29. The number of ketones is 1. The molecule has 2 amide bonds. The van der Waals surface area contributed by atoms with E-state index in [9.17, 15) is 9.59 Å². The molecule has 2 rings (SSSR count). The fourth-order valence-corrected chi connectivity index (χ4v) is 2.35. The Hall–Kier alpha value is -2.04. The number of nitrogens with zero attached hydrogens (tertiary/aromatic N) is 1. The summed E-state index contributed by atoms with van der Waals surface area (Å²) < 4.78 is 5.12. The summed E-state index contributed by atoms with van der Waals surface area (Å²) in [5.74, 6) is 0.931. The standard InChI is InChI=1S/C15H20N2O3/c1-3-11-10-17(8-7-14(11)18)15(19)16-12-5-4-6-13(9-12)20-2/h4-6,9,11H,3,7-8,10H2,1-2H3,(H,16,19). The molecular weight excluding hydrogens is 256 g/mol. The maximum Gasteiger partial charge on any atom is 0.321 e. The smallest absolute Gasteiger partial charge is 0.321 e. The van der Waals surface area contributed by atoms with Crippen LogP contribution in [0, 0.1) is 5.92 Å². The minimum absolute atomic E-state index is 0.0280. The van der Waals surface area contributed by atoms with Crippen LogP contribution in [0.3, 0.4) is 0 Å². The predicted molar refractivity (Wildman–Crippen MR) is 77.0 cm³/mol. The maximum absolute atomic E-state index is 12.2. The zero-order valence-electron chi connectivity index (χ0n) is 11.9. The third-order valence-corrected chi connectivity index (χ3v) is 3.63. The average molecular weight is 276 g/mol. The van der Waals surface area contributed by atoms with Gasteiger partial charge in [-0.25, -0.2) is 4.79 Å². The lowest BCUT2D eigenvalue weighted by Gasteiger charge is -2.31. The fraction of sp³-hybridized carbons (Fsp3) is 0.467. The van der Waals surface area contributed by atoms with Crippen molar-refractivity contribution in [1.82, 2.24) is 4.90 Å². The minimum Gasteiger partial charge on any atom is -0.497 e. The van der Waals surface area contributed by atoms with E-state index in [1.54, 1.807) is 18.1 Å². The molecule has 5 heteroatoms. The first kappa shape index (κ1) is 14.4. The van der Waals surface area contributed by atoms with E-state index in [4.69, 9.17) is 4.74 Å². The lowest BCUT2D eigenvalue weighted by Crippen LogP contribution is -2.45. The Morgan fingerprint density at radius 2 is 2.30 bits per heavy atom. The lowest BCUT2D eigenvalue weighted by atomic mass is 9.94. The Morgan fingerprint density at radius 3 is 3.00 bits per heavy atom. The molecular formula is C15H20N2O3. The average Bonchev–Trinajstić information content (AvgIpc) is 2.47. The van der Waals surface area contributed by atoms with Gasteiger partial charge in [-0.1, -0.05) is 13.0 Å². The molecule has 0 bridgehead atoms. The van der Waals surface area contributed by atoms with Crippen molar-refractivity contribution in [2.24, 2.45) is 5.92 Å². The highest BCUT2D eigenvalue weighted by molar-refractivity contribution is 5.91. The summed E-state index contributed by atoms with van der Waals surface area (Å²) >= 11 is 0. The molecule has 1 aliphatic rings. The lowest BCUT2D eigenvalue weighted by molar-refractivity contribution is -0.125. The van der Waals surface area contributed by atoms with E-state index in [1.807, 2.05) is 25.1 Å². The molecule has 1 aromatic carbocycles. The van der Waals surface area contributed by atoms with Crippen LogP contribution in [-0.4, -0.2) is 36.9 Å². The fourth-order valence-electron chi connectivity index (χ4n) is 2.35. The largest absolute Gasteiger partial charge is 0.497 e. The molecule has 1 atom stereocenters. The Balaban J connectivity index is 1.99. The molecule has 20 heavy (non-hydrogen) atoms. The van der Waals surface area contributed by atoms with Gasteiger partial charge in [-0.2, -0.15) is 0 Å². The topological polar surface area (TPSA) is 58.6 Å². The van der Waals surface area contributed by atoms with Gasteiger partial charge in [-0.3, -0.25) is 4.79 Å². The molecule has 1 unspecified atom stereocenters. The number of hydrogen-bond donors (Lipinski definition) is 1. The van der Waals surface area contributed by atoms with Crippen LogP contribution in [-0.2, 0) is 4.79 Å². The quantitative estimate of drug-likeness (QED) is 0.923. The van der Waals surface area contributed by atoms with Crippen LogP contribution in [0.4, 0.5) is 10.5 Å². The number of Topliss-reactive ketones (excluding diaryl/α,β-unsaturated/α-hetero) is 1. The number of carbonyl (C=O) groups is 2. The number of amides is 2. The summed E-state index contributed by atoms with van der Waals surface area (Å²) in [7, 11) is 1.59. The van der Waals surface area contributed by atoms with E-state index >= 15 is 0 Å². The van der Waals surface area contributed by atoms with Crippen LogP contribution >= 0.6 is 0 Å². The number of likely N-dealkylation sites (tertiary alicyclic amines) is 1. The molecule has 1 N–H and O–H groups in total. The number of anilines is 1. The highest BCUT2D eigenvalue weighted by Crippen LogP contribution is 2.19. The minimum atomic E-state index is -0.163. The molecule has 1 fully saturated rings. The van der Waals surface area contributed by atoms with Crippen molar-refractivity contribution in [3.8, 4) is 5.75 Å². The van der Waals surface area contributed by atoms with Crippen LogP contribution in [0.2, 0.25) is 0 Å². The van der Waals surface area contributed by atoms with Gasteiger partial charge in [0, 0.05) is 37.2 Å². The molecule has 1 saturated heterocycles. The zero-order chi connectivity index (χ0) is 14.5. The number of urea groups is 1. The maximum atomic E-state index is 12.2. The van der Waals surface area contributed by atoms with Crippen LogP contribution in [0.15, 0.2) is 24.3 Å². The van der Waals surface area contributed by atoms with Gasteiger partial charge >= 0.3 is 6.03 Å². The highest BCUT2D eigenvalue weighted by Gasteiger charge is 2.28. The van der Waals surface area contributed by atoms with E-state index in [1.165, 1.54) is 0 Å². The van der Waals surface area contributed by atoms with E-state index in [2.05, 4.69) is 5.32 Å². The van der Waals surface area contributed by atoms with Gasteiger partial charge in [-0.15, -0.1) is 0 Å². The third-order valence-electron chi connectivity index (χ3n) is 3.63. The molecule has 108 valence electrons. The van der Waals surface area contributed by atoms with Gasteiger partial charge in [0.05, 0.1) is 7.11 Å². The van der Waals surface area contributed by atoms with Gasteiger partial charge in [0.2, 0.25) is 0 Å². The van der Waals surface area contributed by atoms with Crippen molar-refractivity contribution >= 4 is 17.5 Å². The number of piperidine rings is 1. The molecule has 1 aromatic rings. The Labute approximate surface area is 118 Å². The van der Waals surface area contributed by atoms with E-state index in [0.29, 0.717) is 30.9 Å². The summed E-state index contributed by atoms with van der Waals surface area (Å²) in [4.78, 5) is 25.6. The molecule has 0 aliphatic carbocycles. The Morgan fingerprint density at radius 1 is 1.50 bits per heavy atom. The summed E-state index contributed by atoms with van der Waals surface area (Å²) in [5, 5.41) is 2.84. The molecule has 1 aliphatic heterocycles. The van der Waals surface area contributed by atoms with Crippen LogP contribution in [0.25, 0.3) is 0 Å². The van der Waals surface area contributed by atoms with Gasteiger partial charge in [0.25, 0.3) is 0 Å². The Kier molecular flexibility index (Phi) is 4.61. The van der Waals surface area contributed by atoms with Crippen LogP contribution < -0.4 is 10.1 Å². The zero-order valence-corrected chi connectivity index (χ0v) is 11.9. The van der Waals surface area contributed by atoms with Crippen molar-refractivity contribution < 1.29 is 14.3 Å². The van der Waals surface area contributed by atoms with Gasteiger partial charge in [-0.05, 0) is 18.6 Å². The summed E-state index contributed by atoms with van der Waals surface area (Å²) in [6.45, 7) is 2.97. The normalized spacial score (nSPS) is 18.8. The number of nitrogens with one attached hydrogen (secondary N) is 1. The molecule has 1 heterocycles. The number of carbonyl (C=O) groups excluding carboxylic acids is 2. The second-order valence-corrected chi connectivity index (χ2v) is 4.93. The van der Waals surface area contributed by atoms with Gasteiger partial charge in [0.1, 0.15) is 11.5 Å². The molecule has 0 radical (unpaired) electrons. The Bertz CT molecular complexity index is 502. The molecule has 0 aromatic heterocycles. The number of benzene rings is 1. The first-order valence-corrected chi connectivity index (χ1v) is 6.86. The number of ether oxygens (including phenoxy) is 1. The van der Waals surface area contributed by atoms with E-state index in [0.717, 1.165) is 6.42 Å². The number of rotatable bonds is 3. The first-order chi connectivity index (χ1) is 9.63. The van der Waals surface area contributed by atoms with Crippen LogP contribution in [0.1, 0.15) is 19.8 Å². The summed E-state index contributed by atoms with van der Waals surface area (Å²) in [6, 6.07) is 7.06. The second kappa shape index (κ2) is 6.41. The van der Waals surface area contributed by atoms with Crippen LogP contribution in [0.5, 0.6) is 5.75 Å². The summed E-state index contributed by atoms with van der Waals surface area (Å²) in [5.41, 5.74) is 0.694. The molecule has 0 spiro atoms. The highest BCUT2D eigenvalue weighted by atomic mass is 16.5. The van der Waals surface area contributed by atoms with Gasteiger partial charge in [0.15, 0.2) is 0 Å². The first-order valence-electron chi connectivity index (χ1n) is 6.86.